The second-order valence-electron chi connectivity index (χ2n) is 5.04. The van der Waals surface area contributed by atoms with Gasteiger partial charge in [0.05, 0.1) is 10.8 Å². The van der Waals surface area contributed by atoms with Crippen molar-refractivity contribution in [3.8, 4) is 10.8 Å². The molecule has 112 valence electrons. The Morgan fingerprint density at radius 2 is 2.48 bits per heavy atom. The number of carbonyl (C=O) groups excluding carboxylic acids is 1. The largest absolute Gasteiger partial charge is 0.420 e. The second-order valence-corrected chi connectivity index (χ2v) is 5.99. The van der Waals surface area contributed by atoms with Crippen LogP contribution in [0, 0.1) is 0 Å². The molecule has 1 atom stereocenters. The number of piperidine rings is 1. The molecule has 0 aliphatic carbocycles. The van der Waals surface area contributed by atoms with Gasteiger partial charge in [-0.2, -0.15) is 0 Å². The van der Waals surface area contributed by atoms with Crippen LogP contribution in [0.4, 0.5) is 4.79 Å². The summed E-state index contributed by atoms with van der Waals surface area (Å²) in [7, 11) is 0. The van der Waals surface area contributed by atoms with Gasteiger partial charge in [0.2, 0.25) is 5.89 Å². The SMILES string of the molecule is CCNC(=O)N1CCCC(c2nnc(-c3cccs3)o2)C1. The van der Waals surface area contributed by atoms with E-state index in [0.717, 1.165) is 24.3 Å². The zero-order valence-corrected chi connectivity index (χ0v) is 12.7. The topological polar surface area (TPSA) is 71.3 Å². The van der Waals surface area contributed by atoms with Gasteiger partial charge in [-0.3, -0.25) is 0 Å². The van der Waals surface area contributed by atoms with Crippen LogP contribution in [0.15, 0.2) is 21.9 Å². The fourth-order valence-electron chi connectivity index (χ4n) is 2.53. The molecule has 1 saturated heterocycles. The molecule has 2 aromatic heterocycles. The van der Waals surface area contributed by atoms with E-state index in [1.807, 2.05) is 29.3 Å². The molecule has 1 aliphatic rings. The van der Waals surface area contributed by atoms with Crippen molar-refractivity contribution in [2.45, 2.75) is 25.7 Å². The van der Waals surface area contributed by atoms with Gasteiger partial charge in [0.25, 0.3) is 5.89 Å². The first-order valence-electron chi connectivity index (χ1n) is 7.18. The van der Waals surface area contributed by atoms with Crippen molar-refractivity contribution < 1.29 is 9.21 Å². The molecule has 1 unspecified atom stereocenters. The van der Waals surface area contributed by atoms with Crippen LogP contribution in [-0.4, -0.2) is 40.8 Å². The average molecular weight is 306 g/mol. The number of rotatable bonds is 3. The third-order valence-corrected chi connectivity index (χ3v) is 4.42. The van der Waals surface area contributed by atoms with Gasteiger partial charge in [0.15, 0.2) is 0 Å². The summed E-state index contributed by atoms with van der Waals surface area (Å²) in [6, 6.07) is 3.91. The Balaban J connectivity index is 1.70. The summed E-state index contributed by atoms with van der Waals surface area (Å²) in [5.74, 6) is 1.32. The monoisotopic (exact) mass is 306 g/mol. The quantitative estimate of drug-likeness (QED) is 0.946. The van der Waals surface area contributed by atoms with E-state index >= 15 is 0 Å². The van der Waals surface area contributed by atoms with Gasteiger partial charge in [0.1, 0.15) is 0 Å². The standard InChI is InChI=1S/C14H18N4O2S/c1-2-15-14(19)18-7-3-5-10(9-18)12-16-17-13(20-12)11-6-4-8-21-11/h4,6,8,10H,2-3,5,7,9H2,1H3,(H,15,19). The number of thiophene rings is 1. The van der Waals surface area contributed by atoms with E-state index in [-0.39, 0.29) is 11.9 Å². The minimum absolute atomic E-state index is 0.0137. The second kappa shape index (κ2) is 6.26. The number of urea groups is 1. The molecule has 0 spiro atoms. The number of hydrogen-bond acceptors (Lipinski definition) is 5. The van der Waals surface area contributed by atoms with Gasteiger partial charge in [0, 0.05) is 19.6 Å². The lowest BCUT2D eigenvalue weighted by atomic mass is 9.98. The smallest absolute Gasteiger partial charge is 0.317 e. The number of likely N-dealkylation sites (tertiary alicyclic amines) is 1. The Kier molecular flexibility index (Phi) is 4.19. The predicted molar refractivity (Wildman–Crippen MR) is 80.2 cm³/mol. The van der Waals surface area contributed by atoms with Crippen LogP contribution in [0.1, 0.15) is 31.6 Å². The number of carbonyl (C=O) groups is 1. The Labute approximate surface area is 127 Å². The average Bonchev–Trinajstić information content (AvgIpc) is 3.18. The van der Waals surface area contributed by atoms with Crippen molar-refractivity contribution in [1.29, 1.82) is 0 Å². The Morgan fingerprint density at radius 1 is 1.57 bits per heavy atom. The van der Waals surface area contributed by atoms with Crippen LogP contribution in [0.5, 0.6) is 0 Å². The van der Waals surface area contributed by atoms with Crippen molar-refractivity contribution in [1.82, 2.24) is 20.4 Å². The molecule has 1 N–H and O–H groups in total. The molecule has 6 nitrogen and oxygen atoms in total. The highest BCUT2D eigenvalue weighted by molar-refractivity contribution is 7.13. The number of aromatic nitrogens is 2. The summed E-state index contributed by atoms with van der Waals surface area (Å²) in [6.45, 7) is 3.99. The molecule has 1 fully saturated rings. The van der Waals surface area contributed by atoms with Crippen LogP contribution in [0.25, 0.3) is 10.8 Å². The Morgan fingerprint density at radius 3 is 3.24 bits per heavy atom. The molecule has 1 aliphatic heterocycles. The van der Waals surface area contributed by atoms with Crippen molar-refractivity contribution in [2.75, 3.05) is 19.6 Å². The predicted octanol–water partition coefficient (Wildman–Crippen LogP) is 2.71. The van der Waals surface area contributed by atoms with E-state index in [1.165, 1.54) is 0 Å². The summed E-state index contributed by atoms with van der Waals surface area (Å²) in [5, 5.41) is 13.1. The number of nitrogens with one attached hydrogen (secondary N) is 1. The van der Waals surface area contributed by atoms with Gasteiger partial charge >= 0.3 is 6.03 Å². The molecule has 0 radical (unpaired) electrons. The molecule has 2 amide bonds. The molecule has 3 heterocycles. The van der Waals surface area contributed by atoms with E-state index in [1.54, 1.807) is 11.3 Å². The highest BCUT2D eigenvalue weighted by Gasteiger charge is 2.28. The maximum atomic E-state index is 11.9. The minimum atomic E-state index is -0.0137. The lowest BCUT2D eigenvalue weighted by Crippen LogP contribution is -2.44. The highest BCUT2D eigenvalue weighted by atomic mass is 32.1. The Hall–Kier alpha value is -1.89. The lowest BCUT2D eigenvalue weighted by Gasteiger charge is -2.30. The van der Waals surface area contributed by atoms with Gasteiger partial charge < -0.3 is 14.6 Å². The van der Waals surface area contributed by atoms with Crippen LogP contribution in [0.2, 0.25) is 0 Å². The van der Waals surface area contributed by atoms with E-state index in [0.29, 0.717) is 24.9 Å². The maximum absolute atomic E-state index is 11.9. The van der Waals surface area contributed by atoms with Crippen molar-refractivity contribution >= 4 is 17.4 Å². The number of amides is 2. The van der Waals surface area contributed by atoms with E-state index in [4.69, 9.17) is 4.42 Å². The highest BCUT2D eigenvalue weighted by Crippen LogP contribution is 2.29. The van der Waals surface area contributed by atoms with Crippen LogP contribution < -0.4 is 5.32 Å². The van der Waals surface area contributed by atoms with Gasteiger partial charge in [-0.25, -0.2) is 4.79 Å². The fraction of sp³-hybridized carbons (Fsp3) is 0.500. The van der Waals surface area contributed by atoms with E-state index < -0.39 is 0 Å². The molecule has 7 heteroatoms. The van der Waals surface area contributed by atoms with Crippen molar-refractivity contribution in [3.05, 3.63) is 23.4 Å². The molecule has 3 rings (SSSR count). The van der Waals surface area contributed by atoms with Gasteiger partial charge in [-0.1, -0.05) is 6.07 Å². The molecule has 0 saturated carbocycles. The van der Waals surface area contributed by atoms with Crippen LogP contribution in [0.3, 0.4) is 0 Å². The first kappa shape index (κ1) is 14.1. The lowest BCUT2D eigenvalue weighted by molar-refractivity contribution is 0.175. The summed E-state index contributed by atoms with van der Waals surface area (Å²) in [4.78, 5) is 14.7. The molecule has 2 aromatic rings. The summed E-state index contributed by atoms with van der Waals surface area (Å²) < 4.78 is 5.79. The first-order chi connectivity index (χ1) is 10.3. The van der Waals surface area contributed by atoms with Crippen LogP contribution in [-0.2, 0) is 0 Å². The molecule has 21 heavy (non-hydrogen) atoms. The fourth-order valence-corrected chi connectivity index (χ4v) is 3.17. The Bertz CT molecular complexity index is 596. The van der Waals surface area contributed by atoms with Gasteiger partial charge in [-0.15, -0.1) is 21.5 Å². The molecular weight excluding hydrogens is 288 g/mol. The maximum Gasteiger partial charge on any atom is 0.317 e. The zero-order valence-electron chi connectivity index (χ0n) is 11.9. The molecule has 0 aromatic carbocycles. The van der Waals surface area contributed by atoms with Crippen LogP contribution >= 0.6 is 11.3 Å². The summed E-state index contributed by atoms with van der Waals surface area (Å²) >= 11 is 1.58. The number of nitrogens with zero attached hydrogens (tertiary/aromatic N) is 3. The van der Waals surface area contributed by atoms with E-state index in [2.05, 4.69) is 15.5 Å². The molecular formula is C14H18N4O2S. The third kappa shape index (κ3) is 3.07. The molecule has 0 bridgehead atoms. The van der Waals surface area contributed by atoms with Crippen molar-refractivity contribution in [2.24, 2.45) is 0 Å². The first-order valence-corrected chi connectivity index (χ1v) is 8.06. The van der Waals surface area contributed by atoms with Gasteiger partial charge in [-0.05, 0) is 31.2 Å². The summed E-state index contributed by atoms with van der Waals surface area (Å²) in [6.07, 6.45) is 1.93. The van der Waals surface area contributed by atoms with Crippen molar-refractivity contribution in [3.63, 3.8) is 0 Å². The summed E-state index contributed by atoms with van der Waals surface area (Å²) in [5.41, 5.74) is 0. The zero-order chi connectivity index (χ0) is 14.7. The normalized spacial score (nSPS) is 18.7. The third-order valence-electron chi connectivity index (χ3n) is 3.56. The number of hydrogen-bond donors (Lipinski definition) is 1. The minimum Gasteiger partial charge on any atom is -0.420 e. The van der Waals surface area contributed by atoms with E-state index in [9.17, 15) is 4.79 Å².